The summed E-state index contributed by atoms with van der Waals surface area (Å²) >= 11 is 0. The Morgan fingerprint density at radius 1 is 1.33 bits per heavy atom. The number of rotatable bonds is 5. The number of nitrogens with zero attached hydrogens (tertiary/aromatic N) is 1. The second-order valence-corrected chi connectivity index (χ2v) is 6.80. The number of quaternary nitrogens is 1. The molecule has 0 unspecified atom stereocenters. The fraction of sp³-hybridized carbons (Fsp3) is 0.875. The third kappa shape index (κ3) is 5.10. The minimum Gasteiger partial charge on any atom is -0.480 e. The van der Waals surface area contributed by atoms with Crippen molar-refractivity contribution in [3.8, 4) is 0 Å². The predicted molar refractivity (Wildman–Crippen MR) is 55.2 cm³/mol. The highest BCUT2D eigenvalue weighted by molar-refractivity contribution is 7.92. The van der Waals surface area contributed by atoms with Gasteiger partial charge in [-0.05, 0) is 0 Å². The molecule has 0 aromatic heterocycles. The summed E-state index contributed by atoms with van der Waals surface area (Å²) in [7, 11) is 1.43. The van der Waals surface area contributed by atoms with E-state index in [4.69, 9.17) is 5.11 Å². The van der Waals surface area contributed by atoms with Gasteiger partial charge < -0.3 is 14.7 Å². The highest BCUT2D eigenvalue weighted by Gasteiger charge is 2.38. The lowest BCUT2D eigenvalue weighted by atomic mass is 10.2. The van der Waals surface area contributed by atoms with Gasteiger partial charge in [0, 0.05) is 6.26 Å². The number of aliphatic carboxylic acids is 1. The zero-order valence-corrected chi connectivity index (χ0v) is 10.2. The van der Waals surface area contributed by atoms with Crippen molar-refractivity contribution in [3.05, 3.63) is 0 Å². The number of hydrogen-bond donors (Lipinski definition) is 2. The summed E-state index contributed by atoms with van der Waals surface area (Å²) in [5, 5.41) is 16.6. The van der Waals surface area contributed by atoms with E-state index in [1.807, 2.05) is 0 Å². The van der Waals surface area contributed by atoms with Crippen molar-refractivity contribution in [1.29, 1.82) is 0 Å². The summed E-state index contributed by atoms with van der Waals surface area (Å²) in [5.41, 5.74) is 0. The molecule has 0 saturated carbocycles. The van der Waals surface area contributed by atoms with Crippen LogP contribution in [-0.2, 0) is 14.6 Å². The maximum absolute atomic E-state index is 11.2. The van der Waals surface area contributed by atoms with Crippen molar-refractivity contribution in [2.24, 2.45) is 0 Å². The van der Waals surface area contributed by atoms with Crippen molar-refractivity contribution in [2.75, 3.05) is 33.9 Å². The zero-order chi connectivity index (χ0) is 12.4. The molecule has 0 aliphatic heterocycles. The third-order valence-corrected chi connectivity index (χ3v) is 3.23. The van der Waals surface area contributed by atoms with Crippen LogP contribution >= 0.6 is 0 Å². The largest absolute Gasteiger partial charge is 0.480 e. The first-order valence-electron chi connectivity index (χ1n) is 4.35. The normalized spacial score (nSPS) is 17.1. The molecule has 90 valence electrons. The van der Waals surface area contributed by atoms with E-state index < -0.39 is 27.2 Å². The Morgan fingerprint density at radius 3 is 1.93 bits per heavy atom. The molecule has 0 spiro atoms. The molecule has 0 aromatic carbocycles. The third-order valence-electron chi connectivity index (χ3n) is 1.79. The average molecular weight is 240 g/mol. The fourth-order valence-corrected chi connectivity index (χ4v) is 2.31. The number of sulfone groups is 1. The van der Waals surface area contributed by atoms with Gasteiger partial charge in [0.1, 0.15) is 12.6 Å². The second-order valence-electron chi connectivity index (χ2n) is 4.63. The first-order valence-corrected chi connectivity index (χ1v) is 6.31. The van der Waals surface area contributed by atoms with E-state index in [2.05, 4.69) is 0 Å². The van der Waals surface area contributed by atoms with Crippen LogP contribution in [0.4, 0.5) is 0 Å². The van der Waals surface area contributed by atoms with E-state index in [9.17, 15) is 18.3 Å². The Labute approximate surface area is 89.6 Å². The molecule has 6 nitrogen and oxygen atoms in total. The number of hydrogen-bond acceptors (Lipinski definition) is 4. The van der Waals surface area contributed by atoms with E-state index in [1.165, 1.54) is 0 Å². The van der Waals surface area contributed by atoms with Crippen molar-refractivity contribution >= 4 is 15.8 Å². The standard InChI is InChI=1S/C8H17NO5S/c1-9(2,3)5-6(10)7(8(11)12)15(4,13)14/h6-7,10H,5H2,1-4H3/p+1/t6-,7-/m1/s1. The van der Waals surface area contributed by atoms with Crippen LogP contribution in [0.15, 0.2) is 0 Å². The van der Waals surface area contributed by atoms with Gasteiger partial charge in [-0.2, -0.15) is 0 Å². The summed E-state index contributed by atoms with van der Waals surface area (Å²) in [6.07, 6.45) is -0.595. The molecule has 2 N–H and O–H groups in total. The van der Waals surface area contributed by atoms with Crippen LogP contribution in [0.2, 0.25) is 0 Å². The number of aliphatic hydroxyl groups excluding tert-OH is 1. The lowest BCUT2D eigenvalue weighted by molar-refractivity contribution is -0.873. The van der Waals surface area contributed by atoms with Crippen LogP contribution < -0.4 is 0 Å². The molecule has 0 aliphatic rings. The number of aliphatic hydroxyl groups is 1. The molecule has 2 atom stereocenters. The van der Waals surface area contributed by atoms with Crippen molar-refractivity contribution in [1.82, 2.24) is 0 Å². The molecule has 0 rings (SSSR count). The topological polar surface area (TPSA) is 91.7 Å². The monoisotopic (exact) mass is 240 g/mol. The van der Waals surface area contributed by atoms with E-state index >= 15 is 0 Å². The summed E-state index contributed by atoms with van der Waals surface area (Å²) in [6, 6.07) is 0. The molecule has 0 saturated heterocycles. The Hall–Kier alpha value is -0.660. The van der Waals surface area contributed by atoms with Gasteiger partial charge in [0.25, 0.3) is 0 Å². The Kier molecular flexibility index (Phi) is 4.26. The van der Waals surface area contributed by atoms with Crippen LogP contribution in [0.5, 0.6) is 0 Å². The number of carboxylic acid groups (broad SMARTS) is 1. The Morgan fingerprint density at radius 2 is 1.73 bits per heavy atom. The minimum absolute atomic E-state index is 0.0596. The lowest BCUT2D eigenvalue weighted by Gasteiger charge is -2.28. The molecule has 0 radical (unpaired) electrons. The van der Waals surface area contributed by atoms with Gasteiger partial charge in [-0.3, -0.25) is 4.79 Å². The Balaban J connectivity index is 4.90. The minimum atomic E-state index is -3.80. The summed E-state index contributed by atoms with van der Waals surface area (Å²) in [6.45, 7) is 0.0596. The summed E-state index contributed by atoms with van der Waals surface area (Å²) in [5.74, 6) is -1.52. The van der Waals surface area contributed by atoms with Gasteiger partial charge in [0.2, 0.25) is 0 Å². The van der Waals surface area contributed by atoms with Crippen LogP contribution in [0.3, 0.4) is 0 Å². The number of likely N-dealkylation sites (N-methyl/N-ethyl adjacent to an activating group) is 1. The highest BCUT2D eigenvalue weighted by Crippen LogP contribution is 2.09. The Bertz CT molecular complexity index is 329. The van der Waals surface area contributed by atoms with Crippen molar-refractivity contribution < 1.29 is 27.9 Å². The van der Waals surface area contributed by atoms with Crippen LogP contribution in [0, 0.1) is 0 Å². The van der Waals surface area contributed by atoms with Gasteiger partial charge >= 0.3 is 5.97 Å². The highest BCUT2D eigenvalue weighted by atomic mass is 32.2. The smallest absolute Gasteiger partial charge is 0.324 e. The van der Waals surface area contributed by atoms with E-state index in [-0.39, 0.29) is 6.54 Å². The molecule has 0 fully saturated rings. The summed E-state index contributed by atoms with van der Waals surface area (Å²) < 4.78 is 22.6. The van der Waals surface area contributed by atoms with E-state index in [0.717, 1.165) is 6.26 Å². The molecule has 15 heavy (non-hydrogen) atoms. The molecule has 0 bridgehead atoms. The lowest BCUT2D eigenvalue weighted by Crippen LogP contribution is -2.50. The molecule has 0 aromatic rings. The average Bonchev–Trinajstić information content (AvgIpc) is 1.74. The van der Waals surface area contributed by atoms with E-state index in [1.54, 1.807) is 21.1 Å². The number of carbonyl (C=O) groups is 1. The molecular weight excluding hydrogens is 222 g/mol. The van der Waals surface area contributed by atoms with Crippen molar-refractivity contribution in [3.63, 3.8) is 0 Å². The van der Waals surface area contributed by atoms with Crippen LogP contribution in [0.1, 0.15) is 0 Å². The molecule has 0 aliphatic carbocycles. The van der Waals surface area contributed by atoms with Crippen LogP contribution in [-0.4, -0.2) is 74.4 Å². The summed E-state index contributed by atoms with van der Waals surface area (Å²) in [4.78, 5) is 10.7. The quantitative estimate of drug-likeness (QED) is 0.574. The maximum Gasteiger partial charge on any atom is 0.324 e. The fourth-order valence-electron chi connectivity index (χ4n) is 1.29. The molecular formula is C8H18NO5S+. The second kappa shape index (κ2) is 4.46. The molecule has 7 heteroatoms. The first kappa shape index (κ1) is 14.3. The van der Waals surface area contributed by atoms with Gasteiger partial charge in [0.15, 0.2) is 15.1 Å². The predicted octanol–water partition coefficient (Wildman–Crippen LogP) is -1.45. The zero-order valence-electron chi connectivity index (χ0n) is 9.34. The van der Waals surface area contributed by atoms with Gasteiger partial charge in [0.05, 0.1) is 21.1 Å². The maximum atomic E-state index is 11.2. The van der Waals surface area contributed by atoms with E-state index in [0.29, 0.717) is 4.48 Å². The van der Waals surface area contributed by atoms with Gasteiger partial charge in [-0.15, -0.1) is 0 Å². The van der Waals surface area contributed by atoms with Crippen LogP contribution in [0.25, 0.3) is 0 Å². The first-order chi connectivity index (χ1) is 6.45. The van der Waals surface area contributed by atoms with Gasteiger partial charge in [-0.1, -0.05) is 0 Å². The molecule has 0 amide bonds. The van der Waals surface area contributed by atoms with Gasteiger partial charge in [-0.25, -0.2) is 8.42 Å². The number of carboxylic acids is 1. The molecule has 0 heterocycles. The SMILES string of the molecule is C[N+](C)(C)C[C@@H](O)[C@H](C(=O)O)S(C)(=O)=O. The van der Waals surface area contributed by atoms with Crippen molar-refractivity contribution in [2.45, 2.75) is 11.4 Å².